The van der Waals surface area contributed by atoms with Crippen LogP contribution >= 0.6 is 0 Å². The molecule has 5 heteroatoms. The number of carbonyl (C=O) groups is 1. The molecule has 0 bridgehead atoms. The zero-order chi connectivity index (χ0) is 17.7. The van der Waals surface area contributed by atoms with Gasteiger partial charge in [0.15, 0.2) is 0 Å². The molecular weight excluding hydrogens is 316 g/mol. The lowest BCUT2D eigenvalue weighted by Crippen LogP contribution is -2.39. The number of ether oxygens (including phenoxy) is 1. The van der Waals surface area contributed by atoms with E-state index in [0.717, 1.165) is 12.0 Å². The summed E-state index contributed by atoms with van der Waals surface area (Å²) in [4.78, 5) is 14.2. The van der Waals surface area contributed by atoms with Gasteiger partial charge in [0.25, 0.3) is 0 Å². The maximum atomic E-state index is 12.2. The van der Waals surface area contributed by atoms with Crippen molar-refractivity contribution in [1.29, 1.82) is 0 Å². The second-order valence-corrected chi connectivity index (χ2v) is 5.82. The van der Waals surface area contributed by atoms with E-state index in [1.165, 1.54) is 5.56 Å². The Balaban J connectivity index is 0.00000338. The first kappa shape index (κ1) is 19.1. The third-order valence-electron chi connectivity index (χ3n) is 3.84. The lowest BCUT2D eigenvalue weighted by molar-refractivity contribution is -0.122. The smallest absolute Gasteiger partial charge is 0.234 e. The Morgan fingerprint density at radius 1 is 1.04 bits per heavy atom. The monoisotopic (exact) mass is 346 g/mol. The molecule has 0 saturated carbocycles. The summed E-state index contributed by atoms with van der Waals surface area (Å²) >= 11 is 0. The number of nitrogens with one attached hydrogen (secondary N) is 1. The van der Waals surface area contributed by atoms with Crippen molar-refractivity contribution in [3.05, 3.63) is 71.8 Å². The second-order valence-electron chi connectivity index (χ2n) is 5.82. The molecule has 0 saturated heterocycles. The molecule has 0 atom stereocenters. The van der Waals surface area contributed by atoms with E-state index in [1.807, 2.05) is 53.4 Å². The molecule has 0 radical (unpaired) electrons. The molecule has 0 spiro atoms. The van der Waals surface area contributed by atoms with E-state index in [9.17, 15) is 4.79 Å². The highest BCUT2D eigenvalue weighted by Crippen LogP contribution is 2.04. The quantitative estimate of drug-likeness (QED) is 0.484. The molecule has 25 heavy (non-hydrogen) atoms. The lowest BCUT2D eigenvalue weighted by Gasteiger charge is -2.21. The van der Waals surface area contributed by atoms with Gasteiger partial charge in [-0.3, -0.25) is 9.69 Å². The molecule has 0 heterocycles. The van der Waals surface area contributed by atoms with E-state index in [1.54, 1.807) is 0 Å². The fourth-order valence-corrected chi connectivity index (χ4v) is 2.56. The number of hydrogen-bond acceptors (Lipinski definition) is 4. The van der Waals surface area contributed by atoms with Crippen LogP contribution in [0, 0.1) is 0 Å². The van der Waals surface area contributed by atoms with Crippen molar-refractivity contribution >= 4 is 5.91 Å². The van der Waals surface area contributed by atoms with Crippen molar-refractivity contribution in [2.45, 2.75) is 13.0 Å². The van der Waals surface area contributed by atoms with Crippen LogP contribution < -0.4 is 5.32 Å². The molecule has 5 nitrogen and oxygen atoms in total. The fourth-order valence-electron chi connectivity index (χ4n) is 2.56. The third-order valence-corrected chi connectivity index (χ3v) is 3.84. The first-order valence-electron chi connectivity index (χ1n) is 8.53. The average molecular weight is 346 g/mol. The zero-order valence-electron chi connectivity index (χ0n) is 14.4. The number of carbonyl (C=O) groups excluding carboxylic acids is 1. The van der Waals surface area contributed by atoms with Crippen molar-refractivity contribution in [2.24, 2.45) is 0 Å². The molecule has 138 valence electrons. The number of aliphatic hydroxyl groups is 1. The fraction of sp³-hybridized carbons (Fsp3) is 0.350. The van der Waals surface area contributed by atoms with Gasteiger partial charge in [-0.25, -0.2) is 0 Å². The predicted octanol–water partition coefficient (Wildman–Crippen LogP) is 2.31. The van der Waals surface area contributed by atoms with Gasteiger partial charge in [-0.1, -0.05) is 60.7 Å². The van der Waals surface area contributed by atoms with Crippen LogP contribution in [0.2, 0.25) is 0 Å². The average Bonchev–Trinajstić information content (AvgIpc) is 2.63. The van der Waals surface area contributed by atoms with E-state index < -0.39 is 0 Å². The minimum absolute atomic E-state index is 0. The van der Waals surface area contributed by atoms with Gasteiger partial charge in [0, 0.05) is 22.5 Å². The minimum atomic E-state index is -0.303. The van der Waals surface area contributed by atoms with Crippen LogP contribution in [0.25, 0.3) is 0 Å². The van der Waals surface area contributed by atoms with Gasteiger partial charge in [-0.2, -0.15) is 0 Å². The highest BCUT2D eigenvalue weighted by molar-refractivity contribution is 5.78. The van der Waals surface area contributed by atoms with Crippen molar-refractivity contribution in [1.82, 2.24) is 10.2 Å². The van der Waals surface area contributed by atoms with Gasteiger partial charge in [-0.05, 0) is 17.5 Å². The van der Waals surface area contributed by atoms with Crippen LogP contribution in [-0.4, -0.2) is 48.9 Å². The number of rotatable bonds is 11. The molecule has 0 aliphatic rings. The highest BCUT2D eigenvalue weighted by Gasteiger charge is 2.11. The van der Waals surface area contributed by atoms with Crippen LogP contribution in [0.4, 0.5) is 0 Å². The molecule has 2 N–H and O–H groups in total. The number of hydrogen-bond donors (Lipinski definition) is 2. The molecule has 2 aromatic rings. The van der Waals surface area contributed by atoms with Gasteiger partial charge in [-0.15, -0.1) is 0 Å². The zero-order valence-corrected chi connectivity index (χ0v) is 14.4. The Bertz CT molecular complexity index is 615. The predicted molar refractivity (Wildman–Crippen MR) is 102 cm³/mol. The molecule has 1 amide bonds. The first-order chi connectivity index (χ1) is 12.3. The summed E-state index contributed by atoms with van der Waals surface area (Å²) in [6, 6.07) is 20.1. The maximum Gasteiger partial charge on any atom is 0.234 e. The Hall–Kier alpha value is -2.21. The van der Waals surface area contributed by atoms with Gasteiger partial charge in [0.05, 0.1) is 13.2 Å². The summed E-state index contributed by atoms with van der Waals surface area (Å²) in [5, 5.41) is 11.7. The van der Waals surface area contributed by atoms with Crippen LogP contribution in [0.3, 0.4) is 0 Å². The first-order valence-corrected chi connectivity index (χ1v) is 8.53. The molecule has 0 fully saturated rings. The van der Waals surface area contributed by atoms with E-state index in [2.05, 4.69) is 17.4 Å². The standard InChI is InChI=1S/C20H26N2O3.2H2/c23-17-25-14-13-22(15-19-9-5-2-6-10-19)16-20(24)21-12-11-18-7-3-1-4-8-18;;/h1-10,23H,11-17H2,(H,21,24);2*1H. The lowest BCUT2D eigenvalue weighted by atomic mass is 10.1. The van der Waals surface area contributed by atoms with E-state index in [0.29, 0.717) is 32.8 Å². The van der Waals surface area contributed by atoms with Crippen molar-refractivity contribution in [3.63, 3.8) is 0 Å². The largest absolute Gasteiger partial charge is 0.371 e. The summed E-state index contributed by atoms with van der Waals surface area (Å²) in [6.45, 7) is 2.26. The summed E-state index contributed by atoms with van der Waals surface area (Å²) in [5.74, 6) is -0.00383. The Morgan fingerprint density at radius 3 is 2.32 bits per heavy atom. The van der Waals surface area contributed by atoms with E-state index >= 15 is 0 Å². The summed E-state index contributed by atoms with van der Waals surface area (Å²) in [6.07, 6.45) is 0.818. The van der Waals surface area contributed by atoms with Crippen LogP contribution in [0.15, 0.2) is 60.7 Å². The summed E-state index contributed by atoms with van der Waals surface area (Å²) < 4.78 is 5.00. The van der Waals surface area contributed by atoms with E-state index in [-0.39, 0.29) is 15.6 Å². The van der Waals surface area contributed by atoms with Crippen LogP contribution in [-0.2, 0) is 22.5 Å². The SMILES string of the molecule is O=C(CN(CCOCO)Cc1ccccc1)NCCc1ccccc1.[HH].[HH]. The highest BCUT2D eigenvalue weighted by atomic mass is 16.6. The number of aliphatic hydroxyl groups excluding tert-OH is 1. The Morgan fingerprint density at radius 2 is 1.68 bits per heavy atom. The third kappa shape index (κ3) is 7.94. The molecule has 2 rings (SSSR count). The number of nitrogens with zero attached hydrogens (tertiary/aromatic N) is 1. The summed E-state index contributed by atoms with van der Waals surface area (Å²) in [7, 11) is 0. The number of benzene rings is 2. The van der Waals surface area contributed by atoms with Gasteiger partial charge < -0.3 is 15.2 Å². The normalized spacial score (nSPS) is 10.8. The Labute approximate surface area is 152 Å². The molecule has 2 aromatic carbocycles. The topological polar surface area (TPSA) is 61.8 Å². The Kier molecular flexibility index (Phi) is 8.69. The van der Waals surface area contributed by atoms with E-state index in [4.69, 9.17) is 9.84 Å². The van der Waals surface area contributed by atoms with Gasteiger partial charge in [0.2, 0.25) is 5.91 Å². The van der Waals surface area contributed by atoms with Crippen molar-refractivity contribution in [3.8, 4) is 0 Å². The second kappa shape index (κ2) is 11.4. The molecule has 0 unspecified atom stereocenters. The van der Waals surface area contributed by atoms with Gasteiger partial charge in [0.1, 0.15) is 6.79 Å². The van der Waals surface area contributed by atoms with Crippen molar-refractivity contribution in [2.75, 3.05) is 33.0 Å². The van der Waals surface area contributed by atoms with Crippen LogP contribution in [0.1, 0.15) is 14.0 Å². The molecule has 0 aliphatic heterocycles. The van der Waals surface area contributed by atoms with Crippen molar-refractivity contribution < 1.29 is 17.5 Å². The summed E-state index contributed by atoms with van der Waals surface area (Å²) in [5.41, 5.74) is 2.35. The molecular formula is C20H30N2O3. The maximum absolute atomic E-state index is 12.2. The number of amides is 1. The van der Waals surface area contributed by atoms with Crippen LogP contribution in [0.5, 0.6) is 0 Å². The van der Waals surface area contributed by atoms with Gasteiger partial charge >= 0.3 is 0 Å². The minimum Gasteiger partial charge on any atom is -0.371 e. The molecule has 0 aliphatic carbocycles. The molecule has 0 aromatic heterocycles.